The van der Waals surface area contributed by atoms with E-state index in [-0.39, 0.29) is 48.8 Å². The van der Waals surface area contributed by atoms with Crippen LogP contribution in [0.2, 0.25) is 0 Å². The van der Waals surface area contributed by atoms with Crippen molar-refractivity contribution in [1.82, 2.24) is 10.6 Å². The van der Waals surface area contributed by atoms with E-state index in [9.17, 15) is 9.59 Å². The summed E-state index contributed by atoms with van der Waals surface area (Å²) in [5.41, 5.74) is 5.63. The fourth-order valence-corrected chi connectivity index (χ4v) is 2.09. The first-order chi connectivity index (χ1) is 8.50. The molecule has 6 heteroatoms. The van der Waals surface area contributed by atoms with Gasteiger partial charge in [0.05, 0.1) is 6.54 Å². The average molecular weight is 292 g/mol. The summed E-state index contributed by atoms with van der Waals surface area (Å²) >= 11 is 0. The molecule has 0 radical (unpaired) electrons. The molecule has 1 aliphatic rings. The van der Waals surface area contributed by atoms with Crippen molar-refractivity contribution in [3.8, 4) is 0 Å². The van der Waals surface area contributed by atoms with Gasteiger partial charge in [-0.15, -0.1) is 12.4 Å². The van der Waals surface area contributed by atoms with E-state index >= 15 is 0 Å². The Kier molecular flexibility index (Phi) is 8.76. The number of rotatable bonds is 5. The minimum atomic E-state index is -0.271. The monoisotopic (exact) mass is 291 g/mol. The summed E-state index contributed by atoms with van der Waals surface area (Å²) in [6, 6.07) is 0.0837. The Morgan fingerprint density at radius 2 is 1.79 bits per heavy atom. The Hall–Kier alpha value is -0.810. The number of nitrogens with two attached hydrogens (primary N) is 1. The van der Waals surface area contributed by atoms with Gasteiger partial charge in [0, 0.05) is 18.0 Å². The number of nitrogens with one attached hydrogen (secondary N) is 2. The van der Waals surface area contributed by atoms with Gasteiger partial charge in [-0.2, -0.15) is 0 Å². The number of amides is 2. The molecule has 5 nitrogen and oxygen atoms in total. The summed E-state index contributed by atoms with van der Waals surface area (Å²) in [7, 11) is 0. The molecule has 4 N–H and O–H groups in total. The minimum Gasteiger partial charge on any atom is -0.352 e. The molecular weight excluding hydrogens is 266 g/mol. The van der Waals surface area contributed by atoms with E-state index in [1.165, 1.54) is 19.3 Å². The Balaban J connectivity index is 0.00000324. The molecule has 1 saturated carbocycles. The van der Waals surface area contributed by atoms with E-state index in [0.29, 0.717) is 0 Å². The molecule has 0 spiro atoms. The maximum absolute atomic E-state index is 11.7. The van der Waals surface area contributed by atoms with Gasteiger partial charge in [-0.05, 0) is 19.8 Å². The number of carbonyl (C=O) groups is 2. The molecule has 0 bridgehead atoms. The van der Waals surface area contributed by atoms with Crippen molar-refractivity contribution in [3.05, 3.63) is 0 Å². The van der Waals surface area contributed by atoms with E-state index < -0.39 is 0 Å². The zero-order valence-electron chi connectivity index (χ0n) is 11.8. The van der Waals surface area contributed by atoms with Gasteiger partial charge in [0.25, 0.3) is 0 Å². The molecule has 0 aliphatic heterocycles. The highest BCUT2D eigenvalue weighted by Gasteiger charge is 2.19. The highest BCUT2D eigenvalue weighted by Crippen LogP contribution is 2.17. The average Bonchev–Trinajstić information content (AvgIpc) is 2.36. The zero-order chi connectivity index (χ0) is 13.5. The third kappa shape index (κ3) is 6.78. The molecule has 1 fully saturated rings. The second-order valence-corrected chi connectivity index (χ2v) is 5.27. The van der Waals surface area contributed by atoms with Crippen molar-refractivity contribution in [3.63, 3.8) is 0 Å². The van der Waals surface area contributed by atoms with E-state index in [2.05, 4.69) is 10.6 Å². The standard InChI is InChI=1S/C13H25N3O2.ClH/c1-9(10(2)14)13(18)15-8-12(17)16-11-6-4-3-5-7-11;/h9-11H,3-8,14H2,1-2H3,(H,15,18)(H,16,17);1H. The second-order valence-electron chi connectivity index (χ2n) is 5.27. The summed E-state index contributed by atoms with van der Waals surface area (Å²) < 4.78 is 0. The number of carbonyl (C=O) groups excluding carboxylic acids is 2. The highest BCUT2D eigenvalue weighted by molar-refractivity contribution is 5.86. The quantitative estimate of drug-likeness (QED) is 0.705. The van der Waals surface area contributed by atoms with Crippen molar-refractivity contribution in [2.24, 2.45) is 11.7 Å². The van der Waals surface area contributed by atoms with Crippen LogP contribution in [0.1, 0.15) is 46.0 Å². The maximum Gasteiger partial charge on any atom is 0.239 e. The van der Waals surface area contributed by atoms with Crippen LogP contribution in [-0.4, -0.2) is 30.4 Å². The molecule has 0 saturated heterocycles. The lowest BCUT2D eigenvalue weighted by Gasteiger charge is -2.23. The number of hydrogen-bond donors (Lipinski definition) is 3. The number of hydrogen-bond acceptors (Lipinski definition) is 3. The normalized spacial score (nSPS) is 18.9. The summed E-state index contributed by atoms with van der Waals surface area (Å²) in [5.74, 6) is -0.539. The van der Waals surface area contributed by atoms with Crippen LogP contribution in [0.5, 0.6) is 0 Å². The Labute approximate surface area is 121 Å². The van der Waals surface area contributed by atoms with Crippen molar-refractivity contribution in [1.29, 1.82) is 0 Å². The minimum absolute atomic E-state index is 0. The van der Waals surface area contributed by atoms with Crippen LogP contribution in [0.15, 0.2) is 0 Å². The Bertz CT molecular complexity index is 292. The predicted octanol–water partition coefficient (Wildman–Crippen LogP) is 0.957. The SMILES string of the molecule is CC(N)C(C)C(=O)NCC(=O)NC1CCCCC1.Cl. The van der Waals surface area contributed by atoms with Crippen LogP contribution < -0.4 is 16.4 Å². The molecule has 2 amide bonds. The van der Waals surface area contributed by atoms with E-state index in [1.54, 1.807) is 13.8 Å². The molecule has 0 heterocycles. The molecule has 2 unspecified atom stereocenters. The molecule has 0 aromatic rings. The molecular formula is C13H26ClN3O2. The highest BCUT2D eigenvalue weighted by atomic mass is 35.5. The summed E-state index contributed by atoms with van der Waals surface area (Å²) in [5, 5.41) is 5.58. The van der Waals surface area contributed by atoms with Crippen LogP contribution >= 0.6 is 12.4 Å². The molecule has 0 aromatic heterocycles. The predicted molar refractivity (Wildman–Crippen MR) is 78.1 cm³/mol. The fourth-order valence-electron chi connectivity index (χ4n) is 2.09. The van der Waals surface area contributed by atoms with Gasteiger partial charge in [0.15, 0.2) is 0 Å². The smallest absolute Gasteiger partial charge is 0.239 e. The van der Waals surface area contributed by atoms with Crippen molar-refractivity contribution in [2.45, 2.75) is 58.0 Å². The van der Waals surface area contributed by atoms with Crippen LogP contribution in [0.4, 0.5) is 0 Å². The summed E-state index contributed by atoms with van der Waals surface area (Å²) in [6.45, 7) is 3.60. The molecule has 0 aromatic carbocycles. The topological polar surface area (TPSA) is 84.2 Å². The fraction of sp³-hybridized carbons (Fsp3) is 0.846. The van der Waals surface area contributed by atoms with E-state index in [4.69, 9.17) is 5.73 Å². The van der Waals surface area contributed by atoms with Gasteiger partial charge in [-0.3, -0.25) is 9.59 Å². The van der Waals surface area contributed by atoms with Crippen LogP contribution in [0, 0.1) is 5.92 Å². The zero-order valence-corrected chi connectivity index (χ0v) is 12.6. The van der Waals surface area contributed by atoms with Gasteiger partial charge < -0.3 is 16.4 Å². The van der Waals surface area contributed by atoms with Crippen LogP contribution in [0.3, 0.4) is 0 Å². The van der Waals surface area contributed by atoms with Gasteiger partial charge >= 0.3 is 0 Å². The lowest BCUT2D eigenvalue weighted by molar-refractivity contribution is -0.128. The van der Waals surface area contributed by atoms with Gasteiger partial charge in [0.1, 0.15) is 0 Å². The lowest BCUT2D eigenvalue weighted by Crippen LogP contribution is -2.45. The second kappa shape index (κ2) is 9.15. The molecule has 19 heavy (non-hydrogen) atoms. The van der Waals surface area contributed by atoms with Gasteiger partial charge in [-0.1, -0.05) is 26.2 Å². The van der Waals surface area contributed by atoms with Gasteiger partial charge in [-0.25, -0.2) is 0 Å². The molecule has 2 atom stereocenters. The van der Waals surface area contributed by atoms with Crippen LogP contribution in [-0.2, 0) is 9.59 Å². The van der Waals surface area contributed by atoms with Crippen molar-refractivity contribution >= 4 is 24.2 Å². The Morgan fingerprint density at radius 1 is 1.21 bits per heavy atom. The molecule has 1 rings (SSSR count). The Morgan fingerprint density at radius 3 is 2.32 bits per heavy atom. The first-order valence-corrected chi connectivity index (χ1v) is 6.83. The first kappa shape index (κ1) is 18.2. The first-order valence-electron chi connectivity index (χ1n) is 6.83. The van der Waals surface area contributed by atoms with E-state index in [0.717, 1.165) is 12.8 Å². The maximum atomic E-state index is 11.7. The molecule has 112 valence electrons. The third-order valence-electron chi connectivity index (χ3n) is 3.60. The van der Waals surface area contributed by atoms with Crippen molar-refractivity contribution in [2.75, 3.05) is 6.54 Å². The summed E-state index contributed by atoms with van der Waals surface area (Å²) in [6.07, 6.45) is 5.72. The van der Waals surface area contributed by atoms with Crippen molar-refractivity contribution < 1.29 is 9.59 Å². The van der Waals surface area contributed by atoms with E-state index in [1.807, 2.05) is 0 Å². The lowest BCUT2D eigenvalue weighted by atomic mass is 9.95. The summed E-state index contributed by atoms with van der Waals surface area (Å²) in [4.78, 5) is 23.3. The number of halogens is 1. The largest absolute Gasteiger partial charge is 0.352 e. The third-order valence-corrected chi connectivity index (χ3v) is 3.60. The van der Waals surface area contributed by atoms with Crippen LogP contribution in [0.25, 0.3) is 0 Å². The molecule has 1 aliphatic carbocycles. The van der Waals surface area contributed by atoms with Gasteiger partial charge in [0.2, 0.25) is 11.8 Å².